The lowest BCUT2D eigenvalue weighted by atomic mass is 9.99. The second kappa shape index (κ2) is 4.94. The smallest absolute Gasteiger partial charge is 0.228 e. The molecule has 0 aliphatic carbocycles. The molecule has 4 heteroatoms. The number of carbonyl (C=O) groups is 1. The minimum absolute atomic E-state index is 0.242. The normalized spacial score (nSPS) is 27.9. The Morgan fingerprint density at radius 3 is 2.67 bits per heavy atom. The van der Waals surface area contributed by atoms with Crippen LogP contribution in [0.1, 0.15) is 19.3 Å². The fourth-order valence-electron chi connectivity index (χ4n) is 2.32. The third-order valence-corrected chi connectivity index (χ3v) is 3.57. The van der Waals surface area contributed by atoms with Gasteiger partial charge in [0.05, 0.1) is 5.92 Å². The highest BCUT2D eigenvalue weighted by Gasteiger charge is 2.30. The summed E-state index contributed by atoms with van der Waals surface area (Å²) in [6.45, 7) is 3.89. The number of hydrogen-bond donors (Lipinski definition) is 2. The Hall–Kier alpha value is -0.610. The zero-order valence-corrected chi connectivity index (χ0v) is 9.46. The minimum atomic E-state index is 0.242. The van der Waals surface area contributed by atoms with Crippen LogP contribution in [0.4, 0.5) is 0 Å². The average Bonchev–Trinajstić information content (AvgIpc) is 2.41. The number of nitrogens with one attached hydrogen (secondary N) is 2. The molecule has 86 valence electrons. The van der Waals surface area contributed by atoms with Gasteiger partial charge in [0.2, 0.25) is 5.91 Å². The molecule has 0 radical (unpaired) electrons. The zero-order valence-electron chi connectivity index (χ0n) is 9.46. The van der Waals surface area contributed by atoms with E-state index in [2.05, 4.69) is 10.6 Å². The molecule has 0 saturated carbocycles. The minimum Gasteiger partial charge on any atom is -0.342 e. The molecule has 0 spiro atoms. The van der Waals surface area contributed by atoms with Crippen molar-refractivity contribution >= 4 is 5.91 Å². The van der Waals surface area contributed by atoms with E-state index in [4.69, 9.17) is 0 Å². The van der Waals surface area contributed by atoms with E-state index in [0.717, 1.165) is 39.0 Å². The van der Waals surface area contributed by atoms with E-state index < -0.39 is 0 Å². The van der Waals surface area contributed by atoms with E-state index in [1.807, 2.05) is 11.9 Å². The third-order valence-electron chi connectivity index (χ3n) is 3.57. The van der Waals surface area contributed by atoms with Crippen LogP contribution in [0.3, 0.4) is 0 Å². The molecule has 2 rings (SSSR count). The molecule has 2 N–H and O–H groups in total. The molecule has 2 fully saturated rings. The van der Waals surface area contributed by atoms with Crippen LogP contribution in [-0.2, 0) is 4.79 Å². The molecule has 2 heterocycles. The highest BCUT2D eigenvalue weighted by Crippen LogP contribution is 2.16. The first-order valence-electron chi connectivity index (χ1n) is 5.97. The maximum Gasteiger partial charge on any atom is 0.228 e. The van der Waals surface area contributed by atoms with Gasteiger partial charge < -0.3 is 15.5 Å². The summed E-state index contributed by atoms with van der Waals surface area (Å²) in [5.74, 6) is 0.576. The van der Waals surface area contributed by atoms with Crippen LogP contribution >= 0.6 is 0 Å². The van der Waals surface area contributed by atoms with Crippen molar-refractivity contribution in [1.29, 1.82) is 0 Å². The average molecular weight is 211 g/mol. The molecule has 0 aromatic rings. The highest BCUT2D eigenvalue weighted by molar-refractivity contribution is 5.80. The molecule has 0 bridgehead atoms. The van der Waals surface area contributed by atoms with Crippen LogP contribution in [0, 0.1) is 5.92 Å². The molecule has 0 aromatic heterocycles. The van der Waals surface area contributed by atoms with Crippen LogP contribution in [0.25, 0.3) is 0 Å². The fourth-order valence-corrected chi connectivity index (χ4v) is 2.32. The van der Waals surface area contributed by atoms with E-state index in [9.17, 15) is 4.79 Å². The lowest BCUT2D eigenvalue weighted by molar-refractivity contribution is -0.138. The van der Waals surface area contributed by atoms with Crippen molar-refractivity contribution in [2.45, 2.75) is 25.3 Å². The molecular formula is C11H21N3O. The van der Waals surface area contributed by atoms with Crippen LogP contribution < -0.4 is 10.6 Å². The number of hydrogen-bond acceptors (Lipinski definition) is 3. The molecule has 1 amide bonds. The van der Waals surface area contributed by atoms with Crippen molar-refractivity contribution in [2.24, 2.45) is 5.92 Å². The molecule has 4 nitrogen and oxygen atoms in total. The standard InChI is InChI=1S/C11H21N3O/c1-14(11(15)9-7-13-8-9)10-3-2-5-12-6-4-10/h9-10,12-13H,2-8H2,1H3. The van der Waals surface area contributed by atoms with Crippen molar-refractivity contribution in [3.05, 3.63) is 0 Å². The Labute approximate surface area is 91.4 Å². The van der Waals surface area contributed by atoms with Crippen molar-refractivity contribution < 1.29 is 4.79 Å². The van der Waals surface area contributed by atoms with Gasteiger partial charge in [-0.3, -0.25) is 4.79 Å². The maximum atomic E-state index is 12.0. The Bertz CT molecular complexity index is 220. The Morgan fingerprint density at radius 1 is 1.20 bits per heavy atom. The van der Waals surface area contributed by atoms with Gasteiger partial charge in [0, 0.05) is 26.2 Å². The predicted molar refractivity (Wildman–Crippen MR) is 59.6 cm³/mol. The molecule has 1 atom stereocenters. The van der Waals surface area contributed by atoms with Crippen molar-refractivity contribution in [1.82, 2.24) is 15.5 Å². The van der Waals surface area contributed by atoms with Gasteiger partial charge in [0.15, 0.2) is 0 Å². The van der Waals surface area contributed by atoms with Gasteiger partial charge in [-0.05, 0) is 32.4 Å². The van der Waals surface area contributed by atoms with E-state index in [-0.39, 0.29) is 5.92 Å². The van der Waals surface area contributed by atoms with Crippen LogP contribution in [0.5, 0.6) is 0 Å². The molecule has 15 heavy (non-hydrogen) atoms. The first-order chi connectivity index (χ1) is 7.29. The molecular weight excluding hydrogens is 190 g/mol. The Balaban J connectivity index is 1.86. The van der Waals surface area contributed by atoms with E-state index in [1.54, 1.807) is 0 Å². The van der Waals surface area contributed by atoms with Crippen LogP contribution in [0.2, 0.25) is 0 Å². The van der Waals surface area contributed by atoms with Crippen molar-refractivity contribution in [3.63, 3.8) is 0 Å². The molecule has 2 aliphatic rings. The SMILES string of the molecule is CN(C(=O)C1CNC1)C1CCCNCC1. The summed E-state index contributed by atoms with van der Waals surface area (Å²) in [6, 6.07) is 0.452. The van der Waals surface area contributed by atoms with E-state index >= 15 is 0 Å². The first kappa shape index (κ1) is 10.9. The van der Waals surface area contributed by atoms with Gasteiger partial charge in [-0.15, -0.1) is 0 Å². The Morgan fingerprint density at radius 2 is 2.00 bits per heavy atom. The number of carbonyl (C=O) groups excluding carboxylic acids is 1. The third kappa shape index (κ3) is 2.49. The van der Waals surface area contributed by atoms with E-state index in [0.29, 0.717) is 11.9 Å². The predicted octanol–water partition coefficient (Wildman–Crippen LogP) is -0.194. The van der Waals surface area contributed by atoms with E-state index in [1.165, 1.54) is 6.42 Å². The van der Waals surface area contributed by atoms with Gasteiger partial charge in [-0.25, -0.2) is 0 Å². The summed E-state index contributed by atoms with van der Waals surface area (Å²) >= 11 is 0. The number of nitrogens with zero attached hydrogens (tertiary/aromatic N) is 1. The maximum absolute atomic E-state index is 12.0. The second-order valence-electron chi connectivity index (χ2n) is 4.64. The van der Waals surface area contributed by atoms with Crippen molar-refractivity contribution in [3.8, 4) is 0 Å². The molecule has 2 aliphatic heterocycles. The molecule has 1 unspecified atom stereocenters. The van der Waals surface area contributed by atoms with Crippen LogP contribution in [-0.4, -0.2) is 50.1 Å². The number of amides is 1. The lowest BCUT2D eigenvalue weighted by Gasteiger charge is -2.34. The van der Waals surface area contributed by atoms with Gasteiger partial charge in [0.25, 0.3) is 0 Å². The van der Waals surface area contributed by atoms with Crippen molar-refractivity contribution in [2.75, 3.05) is 33.2 Å². The topological polar surface area (TPSA) is 44.4 Å². The Kier molecular flexibility index (Phi) is 3.59. The quantitative estimate of drug-likeness (QED) is 0.665. The monoisotopic (exact) mass is 211 g/mol. The largest absolute Gasteiger partial charge is 0.342 e. The van der Waals surface area contributed by atoms with Crippen LogP contribution in [0.15, 0.2) is 0 Å². The first-order valence-corrected chi connectivity index (χ1v) is 5.97. The highest BCUT2D eigenvalue weighted by atomic mass is 16.2. The number of rotatable bonds is 2. The molecule has 2 saturated heterocycles. The summed E-state index contributed by atoms with van der Waals surface area (Å²) in [7, 11) is 1.97. The second-order valence-corrected chi connectivity index (χ2v) is 4.64. The summed E-state index contributed by atoms with van der Waals surface area (Å²) < 4.78 is 0. The summed E-state index contributed by atoms with van der Waals surface area (Å²) in [5.41, 5.74) is 0. The summed E-state index contributed by atoms with van der Waals surface area (Å²) in [4.78, 5) is 14.0. The lowest BCUT2D eigenvalue weighted by Crippen LogP contribution is -2.53. The van der Waals surface area contributed by atoms with Gasteiger partial charge in [0.1, 0.15) is 0 Å². The van der Waals surface area contributed by atoms with Gasteiger partial charge >= 0.3 is 0 Å². The fraction of sp³-hybridized carbons (Fsp3) is 0.909. The molecule has 0 aromatic carbocycles. The van der Waals surface area contributed by atoms with Gasteiger partial charge in [-0.2, -0.15) is 0 Å². The summed E-state index contributed by atoms with van der Waals surface area (Å²) in [6.07, 6.45) is 3.43. The zero-order chi connectivity index (χ0) is 10.7. The van der Waals surface area contributed by atoms with Gasteiger partial charge in [-0.1, -0.05) is 0 Å². The summed E-state index contributed by atoms with van der Waals surface area (Å²) in [5, 5.41) is 6.53.